The van der Waals surface area contributed by atoms with Gasteiger partial charge in [-0.15, -0.1) is 0 Å². The molecule has 0 aliphatic carbocycles. The second kappa shape index (κ2) is 5.18. The largest absolute Gasteiger partial charge is 0.311 e. The highest BCUT2D eigenvalue weighted by Crippen LogP contribution is 2.25. The summed E-state index contributed by atoms with van der Waals surface area (Å²) < 4.78 is 0. The second-order valence-electron chi connectivity index (χ2n) is 5.83. The van der Waals surface area contributed by atoms with Crippen molar-refractivity contribution in [3.05, 3.63) is 60.2 Å². The number of benzene rings is 2. The summed E-state index contributed by atoms with van der Waals surface area (Å²) >= 11 is 0. The second-order valence-corrected chi connectivity index (χ2v) is 5.83. The van der Waals surface area contributed by atoms with Gasteiger partial charge >= 0.3 is 0 Å². The lowest BCUT2D eigenvalue weighted by Gasteiger charge is -2.24. The minimum Gasteiger partial charge on any atom is -0.311 e. The normalized spacial score (nSPS) is 22.6. The quantitative estimate of drug-likeness (QED) is 0.868. The Morgan fingerprint density at radius 1 is 0.947 bits per heavy atom. The fraction of sp³-hybridized carbons (Fsp3) is 0.333. The Balaban J connectivity index is 1.76. The van der Waals surface area contributed by atoms with Crippen LogP contribution < -0.4 is 5.32 Å². The first-order valence-electron chi connectivity index (χ1n) is 7.15. The van der Waals surface area contributed by atoms with Gasteiger partial charge in [0.15, 0.2) is 0 Å². The SMILES string of the molecule is CC1(Cc2ccc(-c3ccccc3)cc2)CCCN1. The molecule has 19 heavy (non-hydrogen) atoms. The molecule has 3 rings (SSSR count). The summed E-state index contributed by atoms with van der Waals surface area (Å²) in [6, 6.07) is 19.6. The molecule has 0 spiro atoms. The van der Waals surface area contributed by atoms with Gasteiger partial charge < -0.3 is 5.32 Å². The average molecular weight is 251 g/mol. The molecule has 2 aromatic carbocycles. The molecule has 1 saturated heterocycles. The van der Waals surface area contributed by atoms with Gasteiger partial charge in [-0.2, -0.15) is 0 Å². The number of rotatable bonds is 3. The van der Waals surface area contributed by atoms with Gasteiger partial charge in [0, 0.05) is 5.54 Å². The molecule has 0 amide bonds. The van der Waals surface area contributed by atoms with Gasteiger partial charge in [0.05, 0.1) is 0 Å². The first kappa shape index (κ1) is 12.4. The minimum absolute atomic E-state index is 0.300. The molecule has 1 heteroatoms. The van der Waals surface area contributed by atoms with Crippen LogP contribution in [0.2, 0.25) is 0 Å². The molecule has 1 aliphatic heterocycles. The van der Waals surface area contributed by atoms with Crippen LogP contribution in [0.15, 0.2) is 54.6 Å². The summed E-state index contributed by atoms with van der Waals surface area (Å²) in [5.74, 6) is 0. The zero-order chi connectivity index (χ0) is 13.1. The molecule has 0 bridgehead atoms. The van der Waals surface area contributed by atoms with Crippen LogP contribution in [0.5, 0.6) is 0 Å². The highest BCUT2D eigenvalue weighted by Gasteiger charge is 2.27. The summed E-state index contributed by atoms with van der Waals surface area (Å²) in [5.41, 5.74) is 4.32. The lowest BCUT2D eigenvalue weighted by Crippen LogP contribution is -2.38. The van der Waals surface area contributed by atoms with Gasteiger partial charge in [-0.25, -0.2) is 0 Å². The van der Waals surface area contributed by atoms with Crippen molar-refractivity contribution in [2.24, 2.45) is 0 Å². The summed E-state index contributed by atoms with van der Waals surface area (Å²) in [6.45, 7) is 3.50. The summed E-state index contributed by atoms with van der Waals surface area (Å²) in [4.78, 5) is 0. The van der Waals surface area contributed by atoms with Crippen LogP contribution in [0.1, 0.15) is 25.3 Å². The van der Waals surface area contributed by atoms with Crippen molar-refractivity contribution in [2.45, 2.75) is 31.7 Å². The smallest absolute Gasteiger partial charge is 0.0194 e. The third-order valence-corrected chi connectivity index (χ3v) is 4.11. The number of hydrogen-bond acceptors (Lipinski definition) is 1. The van der Waals surface area contributed by atoms with E-state index in [9.17, 15) is 0 Å². The standard InChI is InChI=1S/C18H21N/c1-18(12-5-13-19-18)14-15-8-10-17(11-9-15)16-6-3-2-4-7-16/h2-4,6-11,19H,5,12-14H2,1H3. The predicted molar refractivity (Wildman–Crippen MR) is 81.2 cm³/mol. The molecule has 98 valence electrons. The van der Waals surface area contributed by atoms with Crippen LogP contribution in [0.25, 0.3) is 11.1 Å². The van der Waals surface area contributed by atoms with E-state index in [0.29, 0.717) is 5.54 Å². The Morgan fingerprint density at radius 2 is 1.63 bits per heavy atom. The minimum atomic E-state index is 0.300. The Labute approximate surface area is 115 Å². The molecule has 2 aromatic rings. The molecule has 0 aromatic heterocycles. The van der Waals surface area contributed by atoms with Crippen molar-refractivity contribution in [3.8, 4) is 11.1 Å². The summed E-state index contributed by atoms with van der Waals surface area (Å²) in [5, 5.41) is 3.63. The van der Waals surface area contributed by atoms with Crippen molar-refractivity contribution in [3.63, 3.8) is 0 Å². The molecular weight excluding hydrogens is 230 g/mol. The summed E-state index contributed by atoms with van der Waals surface area (Å²) in [6.07, 6.45) is 3.72. The molecule has 1 unspecified atom stereocenters. The Morgan fingerprint density at radius 3 is 2.26 bits per heavy atom. The van der Waals surface area contributed by atoms with Crippen LogP contribution in [-0.2, 0) is 6.42 Å². The lowest BCUT2D eigenvalue weighted by molar-refractivity contribution is 0.412. The number of hydrogen-bond donors (Lipinski definition) is 1. The Bertz CT molecular complexity index is 521. The lowest BCUT2D eigenvalue weighted by atomic mass is 9.90. The predicted octanol–water partition coefficient (Wildman–Crippen LogP) is 4.04. The van der Waals surface area contributed by atoms with E-state index in [1.165, 1.54) is 36.1 Å². The Hall–Kier alpha value is -1.60. The molecular formula is C18H21N. The van der Waals surface area contributed by atoms with E-state index >= 15 is 0 Å². The van der Waals surface area contributed by atoms with Crippen LogP contribution in [-0.4, -0.2) is 12.1 Å². The molecule has 0 radical (unpaired) electrons. The monoisotopic (exact) mass is 251 g/mol. The van der Waals surface area contributed by atoms with Crippen LogP contribution in [0.4, 0.5) is 0 Å². The highest BCUT2D eigenvalue weighted by atomic mass is 15.0. The maximum absolute atomic E-state index is 3.63. The van der Waals surface area contributed by atoms with Crippen molar-refractivity contribution < 1.29 is 0 Å². The molecule has 0 saturated carbocycles. The molecule has 1 nitrogen and oxygen atoms in total. The third kappa shape index (κ3) is 2.87. The zero-order valence-corrected chi connectivity index (χ0v) is 11.5. The van der Waals surface area contributed by atoms with Gasteiger partial charge in [-0.1, -0.05) is 54.6 Å². The van der Waals surface area contributed by atoms with Crippen molar-refractivity contribution >= 4 is 0 Å². The van der Waals surface area contributed by atoms with Gasteiger partial charge in [-0.3, -0.25) is 0 Å². The third-order valence-electron chi connectivity index (χ3n) is 4.11. The fourth-order valence-electron chi connectivity index (χ4n) is 3.00. The topological polar surface area (TPSA) is 12.0 Å². The Kier molecular flexibility index (Phi) is 3.39. The highest BCUT2D eigenvalue weighted by molar-refractivity contribution is 5.63. The molecule has 1 aliphatic rings. The van der Waals surface area contributed by atoms with E-state index in [1.54, 1.807) is 0 Å². The van der Waals surface area contributed by atoms with E-state index in [0.717, 1.165) is 6.42 Å². The maximum Gasteiger partial charge on any atom is 0.0194 e. The molecule has 1 heterocycles. The fourth-order valence-corrected chi connectivity index (χ4v) is 3.00. The van der Waals surface area contributed by atoms with Gasteiger partial charge in [-0.05, 0) is 49.4 Å². The number of nitrogens with one attached hydrogen (secondary N) is 1. The van der Waals surface area contributed by atoms with E-state index < -0.39 is 0 Å². The molecule has 1 fully saturated rings. The zero-order valence-electron chi connectivity index (χ0n) is 11.5. The average Bonchev–Trinajstić information content (AvgIpc) is 2.87. The van der Waals surface area contributed by atoms with Crippen molar-refractivity contribution in [1.82, 2.24) is 5.32 Å². The summed E-state index contributed by atoms with van der Waals surface area (Å²) in [7, 11) is 0. The van der Waals surface area contributed by atoms with E-state index in [2.05, 4.69) is 66.8 Å². The van der Waals surface area contributed by atoms with Crippen LogP contribution in [0.3, 0.4) is 0 Å². The van der Waals surface area contributed by atoms with E-state index in [4.69, 9.17) is 0 Å². The van der Waals surface area contributed by atoms with Gasteiger partial charge in [0.1, 0.15) is 0 Å². The molecule has 1 atom stereocenters. The van der Waals surface area contributed by atoms with Crippen LogP contribution in [0, 0.1) is 0 Å². The van der Waals surface area contributed by atoms with E-state index in [1.807, 2.05) is 0 Å². The van der Waals surface area contributed by atoms with Crippen molar-refractivity contribution in [1.29, 1.82) is 0 Å². The first-order valence-corrected chi connectivity index (χ1v) is 7.15. The van der Waals surface area contributed by atoms with Crippen molar-refractivity contribution in [2.75, 3.05) is 6.54 Å². The van der Waals surface area contributed by atoms with Crippen LogP contribution >= 0.6 is 0 Å². The first-order chi connectivity index (χ1) is 9.25. The molecule has 1 N–H and O–H groups in total. The van der Waals surface area contributed by atoms with Gasteiger partial charge in [0.25, 0.3) is 0 Å². The maximum atomic E-state index is 3.63. The van der Waals surface area contributed by atoms with Gasteiger partial charge in [0.2, 0.25) is 0 Å². The van der Waals surface area contributed by atoms with E-state index in [-0.39, 0.29) is 0 Å².